The molecule has 0 radical (unpaired) electrons. The fourth-order valence-electron chi connectivity index (χ4n) is 2.91. The van der Waals surface area contributed by atoms with E-state index in [2.05, 4.69) is 18.7 Å². The van der Waals surface area contributed by atoms with Crippen LogP contribution in [0.2, 0.25) is 0 Å². The first-order valence-corrected chi connectivity index (χ1v) is 7.49. The lowest BCUT2D eigenvalue weighted by Crippen LogP contribution is -2.36. The van der Waals surface area contributed by atoms with Crippen LogP contribution in [0.15, 0.2) is 0 Å². The van der Waals surface area contributed by atoms with E-state index in [9.17, 15) is 0 Å². The molecule has 0 aliphatic carbocycles. The number of piperidine rings is 1. The third-order valence-electron chi connectivity index (χ3n) is 4.26. The first-order chi connectivity index (χ1) is 8.57. The highest BCUT2D eigenvalue weighted by Gasteiger charge is 2.20. The summed E-state index contributed by atoms with van der Waals surface area (Å²) in [6.45, 7) is 10.2. The Labute approximate surface area is 113 Å². The summed E-state index contributed by atoms with van der Waals surface area (Å²) in [5.41, 5.74) is 6.07. The van der Waals surface area contributed by atoms with Gasteiger partial charge in [0.1, 0.15) is 0 Å². The molecule has 1 rings (SSSR count). The van der Waals surface area contributed by atoms with E-state index in [-0.39, 0.29) is 0 Å². The molecule has 108 valence electrons. The number of nitrogens with two attached hydrogens (primary N) is 1. The van der Waals surface area contributed by atoms with E-state index in [0.717, 1.165) is 25.5 Å². The zero-order valence-electron chi connectivity index (χ0n) is 12.6. The maximum Gasteiger partial charge on any atom is 0.0491 e. The van der Waals surface area contributed by atoms with Gasteiger partial charge in [-0.25, -0.2) is 0 Å². The van der Waals surface area contributed by atoms with Gasteiger partial charge in [0.05, 0.1) is 0 Å². The predicted octanol–water partition coefficient (Wildman–Crippen LogP) is 2.50. The van der Waals surface area contributed by atoms with Crippen LogP contribution in [0.3, 0.4) is 0 Å². The van der Waals surface area contributed by atoms with E-state index in [4.69, 9.17) is 10.5 Å². The summed E-state index contributed by atoms with van der Waals surface area (Å²) >= 11 is 0. The van der Waals surface area contributed by atoms with E-state index in [1.165, 1.54) is 45.3 Å². The second-order valence-corrected chi connectivity index (χ2v) is 6.55. The summed E-state index contributed by atoms with van der Waals surface area (Å²) < 4.78 is 5.24. The van der Waals surface area contributed by atoms with Gasteiger partial charge < -0.3 is 15.4 Å². The standard InChI is InChI=1S/C15H32N2O/c1-15(2,8-9-16)7-4-10-17-11-5-14(6-12-17)13-18-3/h14H,4-13,16H2,1-3H3. The molecule has 0 aromatic rings. The third kappa shape index (κ3) is 6.17. The Hall–Kier alpha value is -0.120. The smallest absolute Gasteiger partial charge is 0.0491 e. The van der Waals surface area contributed by atoms with E-state index >= 15 is 0 Å². The Morgan fingerprint density at radius 1 is 1.22 bits per heavy atom. The van der Waals surface area contributed by atoms with Crippen molar-refractivity contribution in [3.63, 3.8) is 0 Å². The topological polar surface area (TPSA) is 38.5 Å². The minimum atomic E-state index is 0.420. The lowest BCUT2D eigenvalue weighted by molar-refractivity contribution is 0.0972. The lowest BCUT2D eigenvalue weighted by Gasteiger charge is -2.32. The summed E-state index contributed by atoms with van der Waals surface area (Å²) in [5.74, 6) is 0.792. The monoisotopic (exact) mass is 256 g/mol. The van der Waals surface area contributed by atoms with Gasteiger partial charge in [0.2, 0.25) is 0 Å². The van der Waals surface area contributed by atoms with Crippen LogP contribution < -0.4 is 5.73 Å². The van der Waals surface area contributed by atoms with Crippen molar-refractivity contribution < 1.29 is 4.74 Å². The molecule has 0 spiro atoms. The molecule has 3 nitrogen and oxygen atoms in total. The Morgan fingerprint density at radius 3 is 2.44 bits per heavy atom. The van der Waals surface area contributed by atoms with Crippen molar-refractivity contribution in [3.05, 3.63) is 0 Å². The molecule has 0 aromatic heterocycles. The van der Waals surface area contributed by atoms with Gasteiger partial charge in [-0.15, -0.1) is 0 Å². The number of likely N-dealkylation sites (tertiary alicyclic amines) is 1. The highest BCUT2D eigenvalue weighted by molar-refractivity contribution is 4.74. The first kappa shape index (κ1) is 15.9. The normalized spacial score (nSPS) is 19.3. The van der Waals surface area contributed by atoms with E-state index in [1.807, 2.05) is 7.11 Å². The minimum Gasteiger partial charge on any atom is -0.384 e. The van der Waals surface area contributed by atoms with E-state index in [0.29, 0.717) is 5.41 Å². The molecule has 0 atom stereocenters. The van der Waals surface area contributed by atoms with Crippen LogP contribution in [0, 0.1) is 11.3 Å². The largest absolute Gasteiger partial charge is 0.384 e. The fraction of sp³-hybridized carbons (Fsp3) is 1.00. The molecule has 1 saturated heterocycles. The van der Waals surface area contributed by atoms with E-state index < -0.39 is 0 Å². The quantitative estimate of drug-likeness (QED) is 0.725. The van der Waals surface area contributed by atoms with Gasteiger partial charge in [0, 0.05) is 13.7 Å². The molecule has 1 fully saturated rings. The molecule has 1 heterocycles. The SMILES string of the molecule is COCC1CCN(CCCC(C)(C)CCN)CC1. The molecule has 0 amide bonds. The highest BCUT2D eigenvalue weighted by atomic mass is 16.5. The average Bonchev–Trinajstić information content (AvgIpc) is 2.31. The third-order valence-corrected chi connectivity index (χ3v) is 4.26. The van der Waals surface area contributed by atoms with Crippen molar-refractivity contribution in [2.24, 2.45) is 17.1 Å². The fourth-order valence-corrected chi connectivity index (χ4v) is 2.91. The number of hydrogen-bond donors (Lipinski definition) is 1. The molecule has 0 aromatic carbocycles. The molecule has 3 heteroatoms. The minimum absolute atomic E-state index is 0.420. The summed E-state index contributed by atoms with van der Waals surface area (Å²) in [6.07, 6.45) is 6.35. The molecular formula is C15H32N2O. The molecule has 0 unspecified atom stereocenters. The second kappa shape index (κ2) is 8.13. The van der Waals surface area contributed by atoms with Crippen molar-refractivity contribution in [1.82, 2.24) is 4.90 Å². The lowest BCUT2D eigenvalue weighted by atomic mass is 9.84. The Bertz CT molecular complexity index is 211. The zero-order chi connectivity index (χ0) is 13.4. The summed E-state index contributed by atoms with van der Waals surface area (Å²) in [4.78, 5) is 2.62. The number of methoxy groups -OCH3 is 1. The second-order valence-electron chi connectivity index (χ2n) is 6.55. The van der Waals surface area contributed by atoms with Gasteiger partial charge in [0.25, 0.3) is 0 Å². The van der Waals surface area contributed by atoms with Crippen molar-refractivity contribution in [2.45, 2.75) is 46.0 Å². The zero-order valence-corrected chi connectivity index (χ0v) is 12.6. The van der Waals surface area contributed by atoms with Gasteiger partial charge in [-0.2, -0.15) is 0 Å². The molecule has 0 saturated carbocycles. The van der Waals surface area contributed by atoms with Crippen molar-refractivity contribution >= 4 is 0 Å². The van der Waals surface area contributed by atoms with Crippen LogP contribution in [0.5, 0.6) is 0 Å². The first-order valence-electron chi connectivity index (χ1n) is 7.49. The van der Waals surface area contributed by atoms with Crippen LogP contribution >= 0.6 is 0 Å². The van der Waals surface area contributed by atoms with Crippen LogP contribution in [0.25, 0.3) is 0 Å². The Morgan fingerprint density at radius 2 is 1.89 bits per heavy atom. The maximum atomic E-state index is 5.65. The number of hydrogen-bond acceptors (Lipinski definition) is 3. The Kier molecular flexibility index (Phi) is 7.20. The van der Waals surface area contributed by atoms with Crippen LogP contribution in [0.4, 0.5) is 0 Å². The summed E-state index contributed by atoms with van der Waals surface area (Å²) in [6, 6.07) is 0. The van der Waals surface area contributed by atoms with Gasteiger partial charge >= 0.3 is 0 Å². The van der Waals surface area contributed by atoms with Gasteiger partial charge in [-0.3, -0.25) is 0 Å². The molecular weight excluding hydrogens is 224 g/mol. The van der Waals surface area contributed by atoms with Gasteiger partial charge in [-0.1, -0.05) is 13.8 Å². The number of rotatable bonds is 8. The molecule has 0 bridgehead atoms. The number of ether oxygens (including phenoxy) is 1. The maximum absolute atomic E-state index is 5.65. The van der Waals surface area contributed by atoms with Crippen molar-refractivity contribution in [3.8, 4) is 0 Å². The molecule has 1 aliphatic rings. The highest BCUT2D eigenvalue weighted by Crippen LogP contribution is 2.26. The van der Waals surface area contributed by atoms with Crippen LogP contribution in [-0.4, -0.2) is 44.8 Å². The van der Waals surface area contributed by atoms with E-state index in [1.54, 1.807) is 0 Å². The van der Waals surface area contributed by atoms with Crippen LogP contribution in [0.1, 0.15) is 46.0 Å². The molecule has 2 N–H and O–H groups in total. The van der Waals surface area contributed by atoms with Gasteiger partial charge in [0.15, 0.2) is 0 Å². The van der Waals surface area contributed by atoms with Crippen molar-refractivity contribution in [2.75, 3.05) is 39.9 Å². The Balaban J connectivity index is 2.11. The predicted molar refractivity (Wildman–Crippen MR) is 77.7 cm³/mol. The molecule has 1 aliphatic heterocycles. The summed E-state index contributed by atoms with van der Waals surface area (Å²) in [5, 5.41) is 0. The van der Waals surface area contributed by atoms with Crippen LogP contribution in [-0.2, 0) is 4.74 Å². The summed E-state index contributed by atoms with van der Waals surface area (Å²) in [7, 11) is 1.81. The average molecular weight is 256 g/mol. The van der Waals surface area contributed by atoms with Gasteiger partial charge in [-0.05, 0) is 69.6 Å². The number of nitrogens with zero attached hydrogens (tertiary/aromatic N) is 1. The van der Waals surface area contributed by atoms with Crippen molar-refractivity contribution in [1.29, 1.82) is 0 Å². The molecule has 18 heavy (non-hydrogen) atoms.